The van der Waals surface area contributed by atoms with Gasteiger partial charge in [-0.3, -0.25) is 4.57 Å². The van der Waals surface area contributed by atoms with Crippen LogP contribution in [0, 0.1) is 11.6 Å². The minimum Gasteiger partial charge on any atom is -0.383 e. The first-order chi connectivity index (χ1) is 8.72. The average molecular weight is 253 g/mol. The van der Waals surface area contributed by atoms with Gasteiger partial charge < -0.3 is 10.1 Å². The molecular weight excluding hydrogens is 240 g/mol. The molecule has 0 fully saturated rings. The summed E-state index contributed by atoms with van der Waals surface area (Å²) in [6.07, 6.45) is 3.08. The molecule has 0 aliphatic rings. The van der Waals surface area contributed by atoms with Crippen LogP contribution in [-0.4, -0.2) is 29.8 Å². The van der Waals surface area contributed by atoms with Crippen molar-refractivity contribution in [3.63, 3.8) is 0 Å². The van der Waals surface area contributed by atoms with E-state index in [9.17, 15) is 8.78 Å². The van der Waals surface area contributed by atoms with Crippen LogP contribution in [0.1, 0.15) is 0 Å². The third-order valence-electron chi connectivity index (χ3n) is 2.40. The Bertz CT molecular complexity index is 528. The number of methoxy groups -OCH3 is 1. The van der Waals surface area contributed by atoms with Crippen LogP contribution in [0.4, 0.5) is 14.7 Å². The Morgan fingerprint density at radius 3 is 3.00 bits per heavy atom. The molecule has 2 rings (SSSR count). The molecule has 0 spiro atoms. The number of anilines is 1. The highest BCUT2D eigenvalue weighted by Gasteiger charge is 2.10. The van der Waals surface area contributed by atoms with E-state index in [4.69, 9.17) is 4.74 Å². The quantitative estimate of drug-likeness (QED) is 0.830. The van der Waals surface area contributed by atoms with Crippen LogP contribution in [0.2, 0.25) is 0 Å². The first-order valence-corrected chi connectivity index (χ1v) is 5.44. The smallest absolute Gasteiger partial charge is 0.207 e. The Hall–Kier alpha value is -1.95. The highest BCUT2D eigenvalue weighted by molar-refractivity contribution is 5.42. The number of hydrogen-bond donors (Lipinski definition) is 1. The zero-order valence-corrected chi connectivity index (χ0v) is 9.86. The minimum atomic E-state index is -0.510. The molecule has 0 bridgehead atoms. The lowest BCUT2D eigenvalue weighted by atomic mass is 10.3. The summed E-state index contributed by atoms with van der Waals surface area (Å²) in [6, 6.07) is 3.29. The first kappa shape index (κ1) is 12.5. The van der Waals surface area contributed by atoms with Crippen LogP contribution in [0.25, 0.3) is 5.69 Å². The number of benzene rings is 1. The van der Waals surface area contributed by atoms with Crippen molar-refractivity contribution >= 4 is 5.95 Å². The lowest BCUT2D eigenvalue weighted by molar-refractivity contribution is 0.210. The van der Waals surface area contributed by atoms with Crippen LogP contribution in [0.3, 0.4) is 0 Å². The predicted molar refractivity (Wildman–Crippen MR) is 63.8 cm³/mol. The monoisotopic (exact) mass is 253 g/mol. The Morgan fingerprint density at radius 1 is 1.39 bits per heavy atom. The lowest BCUT2D eigenvalue weighted by Gasteiger charge is -2.10. The topological polar surface area (TPSA) is 39.1 Å². The number of halogens is 2. The Balaban J connectivity index is 2.27. The van der Waals surface area contributed by atoms with Gasteiger partial charge in [-0.1, -0.05) is 0 Å². The van der Waals surface area contributed by atoms with E-state index >= 15 is 0 Å². The standard InChI is InChI=1S/C12H13F2N3O/c1-18-7-5-16-12-15-4-6-17(12)11-8-9(13)2-3-10(11)14/h2-4,6,8H,5,7H2,1H3,(H,15,16). The lowest BCUT2D eigenvalue weighted by Crippen LogP contribution is -2.12. The Morgan fingerprint density at radius 2 is 2.22 bits per heavy atom. The highest BCUT2D eigenvalue weighted by atomic mass is 19.1. The van der Waals surface area contributed by atoms with Crippen molar-refractivity contribution in [1.29, 1.82) is 0 Å². The normalized spacial score (nSPS) is 10.6. The number of nitrogens with zero attached hydrogens (tertiary/aromatic N) is 2. The molecule has 0 saturated heterocycles. The number of nitrogens with one attached hydrogen (secondary N) is 1. The van der Waals surface area contributed by atoms with E-state index in [0.717, 1.165) is 18.2 Å². The molecule has 1 aromatic heterocycles. The van der Waals surface area contributed by atoms with Gasteiger partial charge >= 0.3 is 0 Å². The van der Waals surface area contributed by atoms with Gasteiger partial charge in [-0.05, 0) is 12.1 Å². The summed E-state index contributed by atoms with van der Waals surface area (Å²) in [5.74, 6) is -0.566. The molecule has 0 unspecified atom stereocenters. The predicted octanol–water partition coefficient (Wildman–Crippen LogP) is 2.21. The van der Waals surface area contributed by atoms with Gasteiger partial charge in [0.15, 0.2) is 0 Å². The fraction of sp³-hybridized carbons (Fsp3) is 0.250. The summed E-state index contributed by atoms with van der Waals surface area (Å²) >= 11 is 0. The van der Waals surface area contributed by atoms with E-state index in [1.165, 1.54) is 10.8 Å². The van der Waals surface area contributed by atoms with Gasteiger partial charge in [-0.15, -0.1) is 0 Å². The number of aromatic nitrogens is 2. The third kappa shape index (κ3) is 2.65. The van der Waals surface area contributed by atoms with E-state index < -0.39 is 11.6 Å². The van der Waals surface area contributed by atoms with E-state index in [-0.39, 0.29) is 5.69 Å². The SMILES string of the molecule is COCCNc1nccn1-c1cc(F)ccc1F. The number of imidazole rings is 1. The van der Waals surface area contributed by atoms with Crippen LogP contribution < -0.4 is 5.32 Å². The van der Waals surface area contributed by atoms with Crippen LogP contribution in [-0.2, 0) is 4.74 Å². The van der Waals surface area contributed by atoms with Crippen molar-refractivity contribution in [1.82, 2.24) is 9.55 Å². The van der Waals surface area contributed by atoms with E-state index in [0.29, 0.717) is 19.1 Å². The second kappa shape index (κ2) is 5.59. The van der Waals surface area contributed by atoms with Crippen molar-refractivity contribution < 1.29 is 13.5 Å². The largest absolute Gasteiger partial charge is 0.383 e. The number of ether oxygens (including phenoxy) is 1. The number of rotatable bonds is 5. The summed E-state index contributed by atoms with van der Waals surface area (Å²) in [5.41, 5.74) is 0.118. The maximum absolute atomic E-state index is 13.6. The molecular formula is C12H13F2N3O. The minimum absolute atomic E-state index is 0.118. The third-order valence-corrected chi connectivity index (χ3v) is 2.40. The second-order valence-corrected chi connectivity index (χ2v) is 3.64. The molecule has 6 heteroatoms. The van der Waals surface area contributed by atoms with Crippen LogP contribution in [0.15, 0.2) is 30.6 Å². The maximum atomic E-state index is 13.6. The van der Waals surface area contributed by atoms with Crippen molar-refractivity contribution in [2.75, 3.05) is 25.6 Å². The van der Waals surface area contributed by atoms with Crippen molar-refractivity contribution in [3.8, 4) is 5.69 Å². The Labute approximate surface area is 103 Å². The van der Waals surface area contributed by atoms with Gasteiger partial charge in [0.1, 0.15) is 11.6 Å². The van der Waals surface area contributed by atoms with Crippen LogP contribution in [0.5, 0.6) is 0 Å². The molecule has 1 aromatic carbocycles. The molecule has 0 amide bonds. The fourth-order valence-electron chi connectivity index (χ4n) is 1.56. The van der Waals surface area contributed by atoms with Gasteiger partial charge in [0.25, 0.3) is 0 Å². The van der Waals surface area contributed by atoms with Crippen molar-refractivity contribution in [3.05, 3.63) is 42.2 Å². The Kier molecular flexibility index (Phi) is 3.88. The van der Waals surface area contributed by atoms with E-state index in [1.807, 2.05) is 0 Å². The summed E-state index contributed by atoms with van der Waals surface area (Å²) in [4.78, 5) is 4.04. The average Bonchev–Trinajstić information content (AvgIpc) is 2.81. The molecule has 1 N–H and O–H groups in total. The highest BCUT2D eigenvalue weighted by Crippen LogP contribution is 2.18. The van der Waals surface area contributed by atoms with Gasteiger partial charge in [-0.25, -0.2) is 13.8 Å². The summed E-state index contributed by atoms with van der Waals surface area (Å²) in [6.45, 7) is 1.03. The zero-order chi connectivity index (χ0) is 13.0. The molecule has 0 atom stereocenters. The molecule has 0 aliphatic heterocycles. The van der Waals surface area contributed by atoms with Crippen molar-refractivity contribution in [2.45, 2.75) is 0 Å². The number of hydrogen-bond acceptors (Lipinski definition) is 3. The second-order valence-electron chi connectivity index (χ2n) is 3.64. The van der Waals surface area contributed by atoms with Crippen LogP contribution >= 0.6 is 0 Å². The molecule has 1 heterocycles. The molecule has 0 saturated carbocycles. The van der Waals surface area contributed by atoms with Gasteiger partial charge in [0.05, 0.1) is 12.3 Å². The van der Waals surface area contributed by atoms with Crippen molar-refractivity contribution in [2.24, 2.45) is 0 Å². The molecule has 0 radical (unpaired) electrons. The molecule has 2 aromatic rings. The summed E-state index contributed by atoms with van der Waals surface area (Å²) in [5, 5.41) is 2.98. The van der Waals surface area contributed by atoms with E-state index in [2.05, 4.69) is 10.3 Å². The molecule has 18 heavy (non-hydrogen) atoms. The molecule has 96 valence electrons. The molecule has 4 nitrogen and oxygen atoms in total. The fourth-order valence-corrected chi connectivity index (χ4v) is 1.56. The summed E-state index contributed by atoms with van der Waals surface area (Å²) in [7, 11) is 1.58. The van der Waals surface area contributed by atoms with Gasteiger partial charge in [0.2, 0.25) is 5.95 Å². The molecule has 0 aliphatic carbocycles. The summed E-state index contributed by atoms with van der Waals surface area (Å²) < 4.78 is 33.1. The maximum Gasteiger partial charge on any atom is 0.207 e. The van der Waals surface area contributed by atoms with Gasteiger partial charge in [-0.2, -0.15) is 0 Å². The first-order valence-electron chi connectivity index (χ1n) is 5.44. The van der Waals surface area contributed by atoms with E-state index in [1.54, 1.807) is 13.3 Å². The zero-order valence-electron chi connectivity index (χ0n) is 9.86. The van der Waals surface area contributed by atoms with Gasteiger partial charge in [0, 0.05) is 32.1 Å².